The van der Waals surface area contributed by atoms with Gasteiger partial charge in [0.05, 0.1) is 16.3 Å². The number of carbonyl (C=O) groups excluding carboxylic acids is 1. The van der Waals surface area contributed by atoms with Crippen LogP contribution in [0.25, 0.3) is 10.6 Å². The Morgan fingerprint density at radius 2 is 1.96 bits per heavy atom. The van der Waals surface area contributed by atoms with Gasteiger partial charge in [-0.05, 0) is 37.3 Å². The molecular weight excluding hydrogens is 381 g/mol. The van der Waals surface area contributed by atoms with Gasteiger partial charge in [-0.3, -0.25) is 4.79 Å². The van der Waals surface area contributed by atoms with E-state index < -0.39 is 11.3 Å². The zero-order valence-electron chi connectivity index (χ0n) is 13.0. The fourth-order valence-electron chi connectivity index (χ4n) is 2.09. The number of aromatic nitrogens is 3. The topological polar surface area (TPSA) is 93.8 Å². The molecule has 3 rings (SSSR count). The summed E-state index contributed by atoms with van der Waals surface area (Å²) in [5.74, 6) is -0.193. The van der Waals surface area contributed by atoms with E-state index in [1.165, 1.54) is 11.3 Å². The SMILES string of the molecule is Cc1nc(C(Cl)C(N)=O)sc1-c1ccnc(Nc2ccc(Cl)cc2)n1. The molecule has 0 spiro atoms. The van der Waals surface area contributed by atoms with Crippen LogP contribution in [0.3, 0.4) is 0 Å². The molecule has 2 heterocycles. The summed E-state index contributed by atoms with van der Waals surface area (Å²) in [5.41, 5.74) is 7.46. The van der Waals surface area contributed by atoms with Crippen LogP contribution in [0.15, 0.2) is 36.5 Å². The minimum Gasteiger partial charge on any atom is -0.368 e. The second kappa shape index (κ2) is 7.35. The van der Waals surface area contributed by atoms with Gasteiger partial charge in [-0.15, -0.1) is 22.9 Å². The smallest absolute Gasteiger partial charge is 0.242 e. The third kappa shape index (κ3) is 4.07. The summed E-state index contributed by atoms with van der Waals surface area (Å²) in [6.45, 7) is 1.83. The first-order valence-corrected chi connectivity index (χ1v) is 8.84. The Bertz CT molecular complexity index is 913. The number of hydrogen-bond acceptors (Lipinski definition) is 6. The number of carbonyl (C=O) groups is 1. The summed E-state index contributed by atoms with van der Waals surface area (Å²) in [6, 6.07) is 8.99. The maximum absolute atomic E-state index is 11.2. The molecule has 0 saturated heterocycles. The molecular formula is C16H13Cl2N5OS. The highest BCUT2D eigenvalue weighted by molar-refractivity contribution is 7.15. The molecule has 0 aliphatic rings. The number of anilines is 2. The molecule has 1 amide bonds. The van der Waals surface area contributed by atoms with Gasteiger partial charge < -0.3 is 11.1 Å². The van der Waals surface area contributed by atoms with Gasteiger partial charge in [-0.25, -0.2) is 15.0 Å². The zero-order valence-corrected chi connectivity index (χ0v) is 15.4. The lowest BCUT2D eigenvalue weighted by atomic mass is 10.3. The molecule has 9 heteroatoms. The average Bonchev–Trinajstić information content (AvgIpc) is 2.98. The molecule has 0 bridgehead atoms. The van der Waals surface area contributed by atoms with E-state index in [1.807, 2.05) is 19.1 Å². The summed E-state index contributed by atoms with van der Waals surface area (Å²) in [7, 11) is 0. The Kier molecular flexibility index (Phi) is 5.17. The second-order valence-electron chi connectivity index (χ2n) is 5.13. The summed E-state index contributed by atoms with van der Waals surface area (Å²) >= 11 is 13.1. The lowest BCUT2D eigenvalue weighted by Gasteiger charge is -2.06. The van der Waals surface area contributed by atoms with Gasteiger partial charge in [0.15, 0.2) is 5.38 Å². The van der Waals surface area contributed by atoms with Crippen LogP contribution < -0.4 is 11.1 Å². The maximum Gasteiger partial charge on any atom is 0.242 e. The van der Waals surface area contributed by atoms with Gasteiger partial charge in [0, 0.05) is 16.9 Å². The second-order valence-corrected chi connectivity index (χ2v) is 7.03. The number of thiazole rings is 1. The van der Waals surface area contributed by atoms with E-state index in [1.54, 1.807) is 24.4 Å². The number of halogens is 2. The minimum absolute atomic E-state index is 0.437. The van der Waals surface area contributed by atoms with Crippen LogP contribution >= 0.6 is 34.5 Å². The number of nitrogens with two attached hydrogens (primary N) is 1. The predicted molar refractivity (Wildman–Crippen MR) is 100 cm³/mol. The van der Waals surface area contributed by atoms with Crippen molar-refractivity contribution in [1.82, 2.24) is 15.0 Å². The largest absolute Gasteiger partial charge is 0.368 e. The number of aryl methyl sites for hydroxylation is 1. The van der Waals surface area contributed by atoms with Gasteiger partial charge in [0.1, 0.15) is 5.01 Å². The minimum atomic E-state index is -0.953. The number of benzene rings is 1. The van der Waals surface area contributed by atoms with E-state index in [0.29, 0.717) is 21.7 Å². The summed E-state index contributed by atoms with van der Waals surface area (Å²) < 4.78 is 0. The number of primary amides is 1. The first-order valence-electron chi connectivity index (χ1n) is 7.21. The maximum atomic E-state index is 11.2. The van der Waals surface area contributed by atoms with E-state index in [0.717, 1.165) is 16.3 Å². The number of nitrogens with zero attached hydrogens (tertiary/aromatic N) is 3. The van der Waals surface area contributed by atoms with Gasteiger partial charge in [0.2, 0.25) is 11.9 Å². The number of nitrogens with one attached hydrogen (secondary N) is 1. The first-order chi connectivity index (χ1) is 11.9. The van der Waals surface area contributed by atoms with Crippen molar-refractivity contribution >= 4 is 52.1 Å². The fraction of sp³-hybridized carbons (Fsp3) is 0.125. The van der Waals surface area contributed by atoms with Crippen molar-refractivity contribution in [1.29, 1.82) is 0 Å². The predicted octanol–water partition coefficient (Wildman–Crippen LogP) is 4.07. The van der Waals surface area contributed by atoms with Crippen molar-refractivity contribution in [3.05, 3.63) is 52.3 Å². The van der Waals surface area contributed by atoms with Crippen molar-refractivity contribution in [2.45, 2.75) is 12.3 Å². The standard InChI is InChI=1S/C16H13Cl2N5OS/c1-8-13(25-15(21-8)12(18)14(19)24)11-6-7-20-16(23-11)22-10-4-2-9(17)3-5-10/h2-7,12H,1H3,(H2,19,24)(H,20,22,23). The quantitative estimate of drug-likeness (QED) is 0.637. The van der Waals surface area contributed by atoms with Gasteiger partial charge in [0.25, 0.3) is 0 Å². The number of hydrogen-bond donors (Lipinski definition) is 2. The normalized spacial score (nSPS) is 12.0. The number of amides is 1. The molecule has 3 aromatic rings. The molecule has 6 nitrogen and oxygen atoms in total. The first kappa shape index (κ1) is 17.6. The van der Waals surface area contributed by atoms with E-state index >= 15 is 0 Å². The fourth-order valence-corrected chi connectivity index (χ4v) is 3.42. The molecule has 0 saturated carbocycles. The van der Waals surface area contributed by atoms with Gasteiger partial charge in [-0.2, -0.15) is 0 Å². The van der Waals surface area contributed by atoms with Crippen molar-refractivity contribution in [3.8, 4) is 10.6 Å². The van der Waals surface area contributed by atoms with E-state index in [4.69, 9.17) is 28.9 Å². The Morgan fingerprint density at radius 1 is 1.24 bits per heavy atom. The molecule has 3 N–H and O–H groups in total. The summed E-state index contributed by atoms with van der Waals surface area (Å²) in [6.07, 6.45) is 1.64. The van der Waals surface area contributed by atoms with E-state index in [-0.39, 0.29) is 0 Å². The highest BCUT2D eigenvalue weighted by atomic mass is 35.5. The summed E-state index contributed by atoms with van der Waals surface area (Å²) in [4.78, 5) is 25.1. The highest BCUT2D eigenvalue weighted by Gasteiger charge is 2.21. The van der Waals surface area contributed by atoms with Gasteiger partial charge >= 0.3 is 0 Å². The van der Waals surface area contributed by atoms with Crippen LogP contribution in [0, 0.1) is 6.92 Å². The molecule has 0 radical (unpaired) electrons. The molecule has 25 heavy (non-hydrogen) atoms. The Hall–Kier alpha value is -2.22. The van der Waals surface area contributed by atoms with Crippen molar-refractivity contribution in [2.24, 2.45) is 5.73 Å². The third-order valence-corrected chi connectivity index (χ3v) is 5.32. The number of alkyl halides is 1. The highest BCUT2D eigenvalue weighted by Crippen LogP contribution is 2.34. The molecule has 1 aromatic carbocycles. The van der Waals surface area contributed by atoms with Crippen LogP contribution in [0.4, 0.5) is 11.6 Å². The molecule has 128 valence electrons. The van der Waals surface area contributed by atoms with Crippen molar-refractivity contribution in [2.75, 3.05) is 5.32 Å². The molecule has 1 unspecified atom stereocenters. The van der Waals surface area contributed by atoms with Crippen LogP contribution in [0.5, 0.6) is 0 Å². The molecule has 0 aliphatic heterocycles. The lowest BCUT2D eigenvalue weighted by molar-refractivity contribution is -0.117. The summed E-state index contributed by atoms with van der Waals surface area (Å²) in [5, 5.41) is 3.26. The van der Waals surface area contributed by atoms with Crippen LogP contribution in [-0.2, 0) is 4.79 Å². The Labute approximate surface area is 158 Å². The van der Waals surface area contributed by atoms with E-state index in [9.17, 15) is 4.79 Å². The molecule has 0 fully saturated rings. The third-order valence-electron chi connectivity index (χ3n) is 3.27. The van der Waals surface area contributed by atoms with Crippen molar-refractivity contribution in [3.63, 3.8) is 0 Å². The van der Waals surface area contributed by atoms with Crippen LogP contribution in [0.2, 0.25) is 5.02 Å². The molecule has 0 aliphatic carbocycles. The van der Waals surface area contributed by atoms with Crippen molar-refractivity contribution < 1.29 is 4.79 Å². The lowest BCUT2D eigenvalue weighted by Crippen LogP contribution is -2.16. The Balaban J connectivity index is 1.89. The van der Waals surface area contributed by atoms with Gasteiger partial charge in [-0.1, -0.05) is 11.6 Å². The monoisotopic (exact) mass is 393 g/mol. The van der Waals surface area contributed by atoms with E-state index in [2.05, 4.69) is 20.3 Å². The molecule has 2 aromatic heterocycles. The van der Waals surface area contributed by atoms with Crippen LogP contribution in [0.1, 0.15) is 16.1 Å². The number of rotatable bonds is 5. The zero-order chi connectivity index (χ0) is 18.0. The van der Waals surface area contributed by atoms with Crippen LogP contribution in [-0.4, -0.2) is 20.9 Å². The Morgan fingerprint density at radius 3 is 2.64 bits per heavy atom. The average molecular weight is 394 g/mol. The molecule has 1 atom stereocenters.